The Morgan fingerprint density at radius 2 is 1.14 bits per heavy atom. The largest absolute Gasteiger partial charge is 0.444 e. The van der Waals surface area contributed by atoms with E-state index in [1.54, 1.807) is 69.2 Å². The molecule has 2 aliphatic heterocycles. The number of nitrogens with one attached hydrogen (secondary N) is 2. The summed E-state index contributed by atoms with van der Waals surface area (Å²) in [5.74, 6) is 1.08. The molecule has 0 aliphatic carbocycles. The van der Waals surface area contributed by atoms with E-state index in [1.807, 2.05) is 0 Å². The lowest BCUT2D eigenvalue weighted by molar-refractivity contribution is -0.264. The fraction of sp³-hybridized carbons (Fsp3) is 0.808. The third kappa shape index (κ3) is 12.6. The molecule has 2 rings (SSSR count). The molecular weight excluding hydrogens is 484 g/mol. The fourth-order valence-corrected chi connectivity index (χ4v) is 2.73. The summed E-state index contributed by atoms with van der Waals surface area (Å²) in [5.41, 5.74) is -3.35. The SMILES string of the molecule is C.C#CC1(NC(=O)OC(C)(C)C)COC(C)(C)OC1.CC(C)(C)OC(=O)NC1(C=O)COC(C)(C)OC1. The minimum atomic E-state index is -1.18. The summed E-state index contributed by atoms with van der Waals surface area (Å²) < 4.78 is 32.0. The lowest BCUT2D eigenvalue weighted by Gasteiger charge is -2.40. The highest BCUT2D eigenvalue weighted by Gasteiger charge is 2.43. The molecule has 0 aromatic carbocycles. The molecule has 0 aromatic heterocycles. The van der Waals surface area contributed by atoms with Crippen molar-refractivity contribution in [1.82, 2.24) is 10.6 Å². The second kappa shape index (κ2) is 12.4. The molecule has 37 heavy (non-hydrogen) atoms. The first-order chi connectivity index (χ1) is 16.2. The lowest BCUT2D eigenvalue weighted by Crippen LogP contribution is -2.62. The van der Waals surface area contributed by atoms with E-state index in [0.29, 0.717) is 6.29 Å². The first kappa shape index (κ1) is 34.6. The smallest absolute Gasteiger partial charge is 0.409 e. The molecule has 0 spiro atoms. The maximum absolute atomic E-state index is 11.7. The van der Waals surface area contributed by atoms with Gasteiger partial charge in [0.05, 0.1) is 26.4 Å². The van der Waals surface area contributed by atoms with E-state index in [1.165, 1.54) is 0 Å². The summed E-state index contributed by atoms with van der Waals surface area (Å²) in [6.45, 7) is 18.2. The molecule has 2 aliphatic rings. The Morgan fingerprint density at radius 1 is 0.784 bits per heavy atom. The summed E-state index contributed by atoms with van der Waals surface area (Å²) in [6.07, 6.45) is 4.83. The van der Waals surface area contributed by atoms with Crippen LogP contribution >= 0.6 is 0 Å². The first-order valence-electron chi connectivity index (χ1n) is 11.7. The highest BCUT2D eigenvalue weighted by molar-refractivity contribution is 5.77. The van der Waals surface area contributed by atoms with Gasteiger partial charge in [0.2, 0.25) is 0 Å². The summed E-state index contributed by atoms with van der Waals surface area (Å²) in [7, 11) is 0. The predicted molar refractivity (Wildman–Crippen MR) is 138 cm³/mol. The van der Waals surface area contributed by atoms with Crippen molar-refractivity contribution in [2.75, 3.05) is 26.4 Å². The number of terminal acetylenes is 1. The van der Waals surface area contributed by atoms with Gasteiger partial charge in [-0.2, -0.15) is 0 Å². The molecule has 0 aromatic rings. The average molecular weight is 531 g/mol. The lowest BCUT2D eigenvalue weighted by atomic mass is 10.0. The van der Waals surface area contributed by atoms with E-state index >= 15 is 0 Å². The molecule has 2 amide bonds. The van der Waals surface area contributed by atoms with E-state index in [0.717, 1.165) is 0 Å². The molecule has 0 saturated carbocycles. The highest BCUT2D eigenvalue weighted by atomic mass is 16.7. The number of rotatable bonds is 3. The van der Waals surface area contributed by atoms with Crippen LogP contribution in [0.5, 0.6) is 0 Å². The second-order valence-corrected chi connectivity index (χ2v) is 11.7. The fourth-order valence-electron chi connectivity index (χ4n) is 2.73. The standard InChI is InChI=1S/C13H21NO4.C12H21NO5.CH4/c1-7-13(8-16-12(5,6)17-9-13)14-10(15)18-11(2,3)4;1-10(2,3)18-9(15)13-12(6-14)7-16-11(4,5)17-8-12;/h1H,8-9H2,2-6H3,(H,14,15);6H,7-8H2,1-5H3,(H,13,15);1H4. The van der Waals surface area contributed by atoms with Crippen LogP contribution in [-0.2, 0) is 33.2 Å². The summed E-state index contributed by atoms with van der Waals surface area (Å²) in [6, 6.07) is 0. The van der Waals surface area contributed by atoms with E-state index in [9.17, 15) is 14.4 Å². The number of hydrogen-bond acceptors (Lipinski definition) is 9. The van der Waals surface area contributed by atoms with Crippen LogP contribution in [0.15, 0.2) is 0 Å². The summed E-state index contributed by atoms with van der Waals surface area (Å²) in [5, 5.41) is 5.13. The van der Waals surface area contributed by atoms with E-state index < -0.39 is 46.0 Å². The monoisotopic (exact) mass is 530 g/mol. The molecule has 0 bridgehead atoms. The van der Waals surface area contributed by atoms with Gasteiger partial charge in [0.15, 0.2) is 17.1 Å². The molecule has 11 heteroatoms. The van der Waals surface area contributed by atoms with Gasteiger partial charge in [0, 0.05) is 0 Å². The van der Waals surface area contributed by atoms with Gasteiger partial charge < -0.3 is 43.8 Å². The van der Waals surface area contributed by atoms with Crippen molar-refractivity contribution in [2.45, 2.75) is 111 Å². The van der Waals surface area contributed by atoms with Crippen LogP contribution in [0.4, 0.5) is 9.59 Å². The normalized spacial score (nSPS) is 21.3. The molecule has 2 saturated heterocycles. The van der Waals surface area contributed by atoms with Crippen LogP contribution < -0.4 is 10.6 Å². The minimum absolute atomic E-state index is 0. The van der Waals surface area contributed by atoms with Crippen molar-refractivity contribution in [3.63, 3.8) is 0 Å². The molecule has 2 heterocycles. The van der Waals surface area contributed by atoms with Crippen LogP contribution in [0, 0.1) is 12.3 Å². The molecule has 0 unspecified atom stereocenters. The van der Waals surface area contributed by atoms with Crippen LogP contribution in [-0.4, -0.2) is 78.8 Å². The van der Waals surface area contributed by atoms with Crippen molar-refractivity contribution < 1.29 is 42.8 Å². The van der Waals surface area contributed by atoms with Crippen molar-refractivity contribution in [1.29, 1.82) is 0 Å². The van der Waals surface area contributed by atoms with Gasteiger partial charge >= 0.3 is 12.2 Å². The molecule has 0 atom stereocenters. The Hall–Kier alpha value is -2.39. The molecule has 2 N–H and O–H groups in total. The van der Waals surface area contributed by atoms with Crippen LogP contribution in [0.25, 0.3) is 0 Å². The van der Waals surface area contributed by atoms with Gasteiger partial charge in [-0.25, -0.2) is 9.59 Å². The predicted octanol–water partition coefficient (Wildman–Crippen LogP) is 3.53. The zero-order chi connectivity index (χ0) is 28.1. The van der Waals surface area contributed by atoms with Crippen molar-refractivity contribution in [3.8, 4) is 12.3 Å². The van der Waals surface area contributed by atoms with Gasteiger partial charge in [0.1, 0.15) is 23.0 Å². The van der Waals surface area contributed by atoms with E-state index in [-0.39, 0.29) is 33.9 Å². The van der Waals surface area contributed by atoms with Gasteiger partial charge in [-0.15, -0.1) is 6.42 Å². The van der Waals surface area contributed by atoms with E-state index in [2.05, 4.69) is 16.6 Å². The number of hydrogen-bond donors (Lipinski definition) is 2. The molecular formula is C26H46N2O9. The number of carbonyl (C=O) groups excluding carboxylic acids is 3. The number of amides is 2. The number of alkyl carbamates (subject to hydrolysis) is 2. The van der Waals surface area contributed by atoms with Gasteiger partial charge in [-0.1, -0.05) is 13.3 Å². The van der Waals surface area contributed by atoms with E-state index in [4.69, 9.17) is 34.8 Å². The third-order valence-electron chi connectivity index (χ3n) is 4.68. The Bertz CT molecular complexity index is 812. The topological polar surface area (TPSA) is 131 Å². The molecule has 214 valence electrons. The Morgan fingerprint density at radius 3 is 1.46 bits per heavy atom. The Kier molecular flexibility index (Phi) is 11.6. The van der Waals surface area contributed by atoms with Crippen molar-refractivity contribution >= 4 is 18.5 Å². The van der Waals surface area contributed by atoms with Gasteiger partial charge in [0.25, 0.3) is 0 Å². The van der Waals surface area contributed by atoms with Crippen LogP contribution in [0.3, 0.4) is 0 Å². The first-order valence-corrected chi connectivity index (χ1v) is 11.7. The second-order valence-electron chi connectivity index (χ2n) is 11.7. The summed E-state index contributed by atoms with van der Waals surface area (Å²) in [4.78, 5) is 34.5. The minimum Gasteiger partial charge on any atom is -0.444 e. The molecule has 11 nitrogen and oxygen atoms in total. The molecule has 2 fully saturated rings. The zero-order valence-electron chi connectivity index (χ0n) is 23.2. The molecule has 0 radical (unpaired) electrons. The number of aldehydes is 1. The van der Waals surface area contributed by atoms with Crippen LogP contribution in [0.1, 0.15) is 76.7 Å². The highest BCUT2D eigenvalue weighted by Crippen LogP contribution is 2.24. The van der Waals surface area contributed by atoms with Crippen LogP contribution in [0.2, 0.25) is 0 Å². The van der Waals surface area contributed by atoms with Crippen molar-refractivity contribution in [2.24, 2.45) is 0 Å². The Balaban J connectivity index is 0.000000682. The average Bonchev–Trinajstić information content (AvgIpc) is 2.69. The summed E-state index contributed by atoms with van der Waals surface area (Å²) >= 11 is 0. The third-order valence-corrected chi connectivity index (χ3v) is 4.68. The number of ether oxygens (including phenoxy) is 6. The van der Waals surface area contributed by atoms with Gasteiger partial charge in [-0.3, -0.25) is 0 Å². The van der Waals surface area contributed by atoms with Crippen molar-refractivity contribution in [3.05, 3.63) is 0 Å². The maximum Gasteiger partial charge on any atom is 0.409 e. The quantitative estimate of drug-likeness (QED) is 0.415. The Labute approximate surface area is 221 Å². The maximum atomic E-state index is 11.7. The zero-order valence-corrected chi connectivity index (χ0v) is 23.2. The number of carbonyl (C=O) groups is 3. The van der Waals surface area contributed by atoms with Gasteiger partial charge in [-0.05, 0) is 69.2 Å².